The highest BCUT2D eigenvalue weighted by Gasteiger charge is 2.62. The van der Waals surface area contributed by atoms with E-state index in [-0.39, 0.29) is 97.8 Å². The first kappa shape index (κ1) is 38.3. The van der Waals surface area contributed by atoms with E-state index in [1.54, 1.807) is 24.8 Å². The smallest absolute Gasteiger partial charge is 0.416 e. The number of rotatable bonds is 8. The van der Waals surface area contributed by atoms with Crippen LogP contribution < -0.4 is 15.8 Å². The topological polar surface area (TPSA) is 171 Å². The third kappa shape index (κ3) is 7.14. The minimum absolute atomic E-state index is 0.00494. The number of anilines is 2. The number of fused-ring (bicyclic) bond motifs is 1. The second-order valence-electron chi connectivity index (χ2n) is 14.0. The molecule has 4 aromatic rings. The van der Waals surface area contributed by atoms with Crippen LogP contribution >= 0.6 is 0 Å². The molecule has 1 unspecified atom stereocenters. The summed E-state index contributed by atoms with van der Waals surface area (Å²) in [6.07, 6.45) is -1.79. The summed E-state index contributed by atoms with van der Waals surface area (Å²) < 4.78 is 69.7. The summed E-state index contributed by atoms with van der Waals surface area (Å²) in [6.45, 7) is 5.15. The largest absolute Gasteiger partial charge is 0.504 e. The van der Waals surface area contributed by atoms with E-state index in [0.29, 0.717) is 11.3 Å². The highest BCUT2D eigenvalue weighted by atomic mass is 19.4. The molecule has 1 saturated heterocycles. The van der Waals surface area contributed by atoms with Crippen LogP contribution in [0.5, 0.6) is 5.75 Å². The van der Waals surface area contributed by atoms with Crippen LogP contribution in [-0.4, -0.2) is 107 Å². The molecule has 56 heavy (non-hydrogen) atoms. The molecule has 3 aliphatic rings. The van der Waals surface area contributed by atoms with Crippen LogP contribution in [-0.2, 0) is 28.7 Å². The zero-order valence-corrected chi connectivity index (χ0v) is 30.5. The quantitative estimate of drug-likeness (QED) is 0.252. The Morgan fingerprint density at radius 2 is 1.75 bits per heavy atom. The van der Waals surface area contributed by atoms with E-state index < -0.39 is 59.8 Å². The van der Waals surface area contributed by atoms with Crippen molar-refractivity contribution in [3.8, 4) is 5.75 Å². The summed E-state index contributed by atoms with van der Waals surface area (Å²) in [6, 6.07) is 2.95. The van der Waals surface area contributed by atoms with Crippen LogP contribution in [0, 0.1) is 19.8 Å². The normalized spacial score (nSPS) is 18.2. The van der Waals surface area contributed by atoms with Gasteiger partial charge in [0.15, 0.2) is 17.3 Å². The van der Waals surface area contributed by atoms with Crippen molar-refractivity contribution in [1.29, 1.82) is 0 Å². The first-order valence-corrected chi connectivity index (χ1v) is 17.9. The second-order valence-corrected chi connectivity index (χ2v) is 14.0. The minimum atomic E-state index is -4.57. The number of amides is 3. The monoisotopic (exact) mass is 784 g/mol. The molecule has 296 valence electrons. The maximum atomic E-state index is 14.3. The summed E-state index contributed by atoms with van der Waals surface area (Å²) >= 11 is 0. The van der Waals surface area contributed by atoms with Crippen LogP contribution in [0.15, 0.2) is 35.4 Å². The Kier molecular flexibility index (Phi) is 9.77. The maximum absolute atomic E-state index is 14.3. The predicted octanol–water partition coefficient (Wildman–Crippen LogP) is 3.46. The molecule has 1 saturated carbocycles. The Morgan fingerprint density at radius 1 is 1.04 bits per heavy atom. The van der Waals surface area contributed by atoms with E-state index in [1.165, 1.54) is 27.6 Å². The van der Waals surface area contributed by atoms with Crippen LogP contribution in [0.25, 0.3) is 11.4 Å². The lowest BCUT2D eigenvalue weighted by Gasteiger charge is -2.36. The van der Waals surface area contributed by atoms with Gasteiger partial charge in [0.2, 0.25) is 17.6 Å². The first-order valence-electron chi connectivity index (χ1n) is 17.9. The van der Waals surface area contributed by atoms with Crippen molar-refractivity contribution in [2.45, 2.75) is 58.7 Å². The number of aromatic hydroxyl groups is 1. The van der Waals surface area contributed by atoms with Crippen molar-refractivity contribution in [3.63, 3.8) is 0 Å². The van der Waals surface area contributed by atoms with Gasteiger partial charge < -0.3 is 29.7 Å². The summed E-state index contributed by atoms with van der Waals surface area (Å²) in [7, 11) is 0. The molecule has 7 rings (SSSR count). The zero-order valence-electron chi connectivity index (χ0n) is 30.5. The number of nitrogens with zero attached hydrogens (tertiary/aromatic N) is 9. The molecular weight excluding hydrogens is 747 g/mol. The number of alkyl halides is 5. The molecule has 2 aliphatic heterocycles. The zero-order chi connectivity index (χ0) is 40.3. The minimum Gasteiger partial charge on any atom is -0.504 e. The van der Waals surface area contributed by atoms with Crippen LogP contribution in [0.4, 0.5) is 33.3 Å². The average Bonchev–Trinajstić information content (AvgIpc) is 3.57. The highest BCUT2D eigenvalue weighted by molar-refractivity contribution is 5.95. The second kappa shape index (κ2) is 14.3. The molecule has 0 radical (unpaired) electrons. The van der Waals surface area contributed by atoms with Gasteiger partial charge in [0.05, 0.1) is 17.0 Å². The van der Waals surface area contributed by atoms with Crippen LogP contribution in [0.1, 0.15) is 58.6 Å². The van der Waals surface area contributed by atoms with Gasteiger partial charge >= 0.3 is 6.18 Å². The van der Waals surface area contributed by atoms with E-state index in [9.17, 15) is 46.2 Å². The first-order chi connectivity index (χ1) is 26.5. The van der Waals surface area contributed by atoms with Crippen molar-refractivity contribution < 1.29 is 41.4 Å². The Balaban J connectivity index is 1.21. The number of aryl methyl sites for hydroxylation is 2. The lowest BCUT2D eigenvalue weighted by molar-refractivity contribution is -0.137. The lowest BCUT2D eigenvalue weighted by Crippen LogP contribution is -2.51. The third-order valence-corrected chi connectivity index (χ3v) is 10.3. The van der Waals surface area contributed by atoms with E-state index in [2.05, 4.69) is 25.4 Å². The third-order valence-electron chi connectivity index (χ3n) is 10.3. The number of benzene rings is 1. The van der Waals surface area contributed by atoms with E-state index in [0.717, 1.165) is 22.7 Å². The predicted molar refractivity (Wildman–Crippen MR) is 190 cm³/mol. The number of hydrogen-bond donors (Lipinski definition) is 2. The molecule has 0 bridgehead atoms. The van der Waals surface area contributed by atoms with Gasteiger partial charge in [-0.25, -0.2) is 18.7 Å². The summed E-state index contributed by atoms with van der Waals surface area (Å²) in [5.74, 6) is -6.30. The summed E-state index contributed by atoms with van der Waals surface area (Å²) in [4.78, 5) is 70.9. The highest BCUT2D eigenvalue weighted by Crippen LogP contribution is 2.49. The fraction of sp³-hybridized carbons (Fsp3) is 0.444. The number of nitrogens with one attached hydrogen (secondary N) is 1. The number of hydrogen-bond acceptors (Lipinski definition) is 10. The molecule has 1 aromatic carbocycles. The van der Waals surface area contributed by atoms with Crippen molar-refractivity contribution >= 4 is 40.4 Å². The summed E-state index contributed by atoms with van der Waals surface area (Å²) in [5.41, 5.74) is 0.164. The number of aromatic nitrogens is 6. The number of carbonyl (C=O) groups excluding carboxylic acids is 3. The van der Waals surface area contributed by atoms with Gasteiger partial charge in [0.1, 0.15) is 24.5 Å². The fourth-order valence-corrected chi connectivity index (χ4v) is 7.06. The van der Waals surface area contributed by atoms with Gasteiger partial charge in [-0.1, -0.05) is 13.0 Å². The van der Waals surface area contributed by atoms with E-state index in [4.69, 9.17) is 0 Å². The molecule has 2 fully saturated rings. The number of halogens is 5. The molecule has 1 aliphatic carbocycles. The molecule has 15 nitrogen and oxygen atoms in total. The molecule has 1 atom stereocenters. The summed E-state index contributed by atoms with van der Waals surface area (Å²) in [5, 5.41) is 17.6. The Bertz CT molecular complexity index is 2350. The van der Waals surface area contributed by atoms with Crippen molar-refractivity contribution in [2.24, 2.45) is 5.92 Å². The van der Waals surface area contributed by atoms with Gasteiger partial charge in [-0.15, -0.1) is 5.10 Å². The van der Waals surface area contributed by atoms with Crippen molar-refractivity contribution in [3.05, 3.63) is 75.0 Å². The van der Waals surface area contributed by atoms with Gasteiger partial charge in [-0.3, -0.25) is 19.2 Å². The molecule has 3 aromatic heterocycles. The Hall–Kier alpha value is -5.95. The lowest BCUT2D eigenvalue weighted by atomic mass is 10.1. The van der Waals surface area contributed by atoms with Crippen LogP contribution in [0.2, 0.25) is 0 Å². The molecule has 2 N–H and O–H groups in total. The Morgan fingerprint density at radius 3 is 2.36 bits per heavy atom. The van der Waals surface area contributed by atoms with Gasteiger partial charge in [0.25, 0.3) is 17.4 Å². The van der Waals surface area contributed by atoms with Crippen molar-refractivity contribution in [1.82, 2.24) is 38.9 Å². The SMILES string of the molecule is CCc1c(N2CCN(C(=O)c3ncnc(C)c3O)CC2)c(=O)n2nc(C3=CCN(C(=O)C4CC4(F)F)CC3)nc2n1CC(=O)Nc1ccc(C(F)(F)F)cc1C. The molecule has 0 spiro atoms. The van der Waals surface area contributed by atoms with Gasteiger partial charge in [-0.2, -0.15) is 22.7 Å². The standard InChI is InChI=1S/C36H37F5N10O5/c1-4-25-28(47-11-13-49(14-12-47)32(55)27-29(53)20(3)42-18-43-27)33(56)51-34(50(25)17-26(52)44-24-6-5-22(15-19(24)2)36(39,40)41)45-30(46-51)21-7-9-48(10-8-21)31(54)23-16-35(23,37)38/h5-7,15,18,23,53H,4,8-14,16-17H2,1-3H3,(H,44,52). The van der Waals surface area contributed by atoms with Crippen LogP contribution in [0.3, 0.4) is 0 Å². The van der Waals surface area contributed by atoms with Crippen molar-refractivity contribution in [2.75, 3.05) is 49.5 Å². The maximum Gasteiger partial charge on any atom is 0.416 e. The fourth-order valence-electron chi connectivity index (χ4n) is 7.06. The number of piperazine rings is 1. The Labute approximate surface area is 315 Å². The number of carbonyl (C=O) groups is 3. The van der Waals surface area contributed by atoms with E-state index in [1.807, 2.05) is 0 Å². The van der Waals surface area contributed by atoms with Gasteiger partial charge in [0, 0.05) is 51.4 Å². The average molecular weight is 785 g/mol. The van der Waals surface area contributed by atoms with Gasteiger partial charge in [-0.05, 0) is 56.0 Å². The molecule has 20 heteroatoms. The molecule has 3 amide bonds. The molecule has 5 heterocycles. The van der Waals surface area contributed by atoms with E-state index >= 15 is 0 Å². The molecular formula is C36H37F5N10O5.